The van der Waals surface area contributed by atoms with Crippen LogP contribution < -0.4 is 5.32 Å². The number of benzene rings is 2. The molecule has 0 heterocycles. The Bertz CT molecular complexity index is 807. The van der Waals surface area contributed by atoms with Crippen LogP contribution in [0.3, 0.4) is 0 Å². The Kier molecular flexibility index (Phi) is 8.18. The molecule has 28 heavy (non-hydrogen) atoms. The van der Waals surface area contributed by atoms with Crippen LogP contribution in [0.5, 0.6) is 0 Å². The predicted octanol–water partition coefficient (Wildman–Crippen LogP) is 4.01. The molecule has 0 saturated heterocycles. The normalized spacial score (nSPS) is 11.7. The Hall–Kier alpha value is -2.69. The molecule has 0 unspecified atom stereocenters. The molecule has 0 aliphatic carbocycles. The van der Waals surface area contributed by atoms with E-state index in [-0.39, 0.29) is 18.2 Å². The van der Waals surface area contributed by atoms with Crippen molar-refractivity contribution in [1.82, 2.24) is 10.2 Å². The van der Waals surface area contributed by atoms with Gasteiger partial charge in [0.1, 0.15) is 11.9 Å². The van der Waals surface area contributed by atoms with E-state index in [1.54, 1.807) is 25.1 Å². The Morgan fingerprint density at radius 3 is 2.57 bits per heavy atom. The molecule has 5 heteroatoms. The first-order valence-corrected chi connectivity index (χ1v) is 9.78. The van der Waals surface area contributed by atoms with E-state index in [1.165, 1.54) is 11.0 Å². The molecule has 0 radical (unpaired) electrons. The molecule has 2 aromatic rings. The molecule has 0 aliphatic heterocycles. The highest BCUT2D eigenvalue weighted by Gasteiger charge is 2.26. The molecule has 0 fully saturated rings. The van der Waals surface area contributed by atoms with Crippen molar-refractivity contribution in [2.45, 2.75) is 52.6 Å². The van der Waals surface area contributed by atoms with Gasteiger partial charge < -0.3 is 10.2 Å². The summed E-state index contributed by atoms with van der Waals surface area (Å²) < 4.78 is 14.0. The minimum atomic E-state index is -0.642. The van der Waals surface area contributed by atoms with Crippen LogP contribution in [0.25, 0.3) is 0 Å². The lowest BCUT2D eigenvalue weighted by molar-refractivity contribution is -0.140. The largest absolute Gasteiger partial charge is 0.354 e. The summed E-state index contributed by atoms with van der Waals surface area (Å²) in [6.45, 7) is 6.64. The van der Waals surface area contributed by atoms with Crippen molar-refractivity contribution in [2.75, 3.05) is 6.54 Å². The number of amides is 2. The molecular weight excluding hydrogens is 355 g/mol. The minimum absolute atomic E-state index is 0.0783. The maximum atomic E-state index is 14.0. The average Bonchev–Trinajstić information content (AvgIpc) is 2.67. The van der Waals surface area contributed by atoms with E-state index >= 15 is 0 Å². The first-order chi connectivity index (χ1) is 13.4. The van der Waals surface area contributed by atoms with Gasteiger partial charge in [0, 0.05) is 13.1 Å². The lowest BCUT2D eigenvalue weighted by Gasteiger charge is -2.29. The van der Waals surface area contributed by atoms with Crippen LogP contribution in [-0.2, 0) is 22.6 Å². The number of carbonyl (C=O) groups is 2. The monoisotopic (exact) mass is 384 g/mol. The summed E-state index contributed by atoms with van der Waals surface area (Å²) in [7, 11) is 0. The lowest BCUT2D eigenvalue weighted by atomic mass is 10.1. The van der Waals surface area contributed by atoms with Gasteiger partial charge in [-0.2, -0.15) is 0 Å². The highest BCUT2D eigenvalue weighted by atomic mass is 19.1. The topological polar surface area (TPSA) is 49.4 Å². The molecule has 2 aromatic carbocycles. The third-order valence-corrected chi connectivity index (χ3v) is 4.73. The Morgan fingerprint density at radius 2 is 1.89 bits per heavy atom. The van der Waals surface area contributed by atoms with Gasteiger partial charge in [-0.25, -0.2) is 4.39 Å². The van der Waals surface area contributed by atoms with Gasteiger partial charge in [0.2, 0.25) is 11.8 Å². The van der Waals surface area contributed by atoms with Gasteiger partial charge in [-0.3, -0.25) is 9.59 Å². The minimum Gasteiger partial charge on any atom is -0.354 e. The number of hydrogen-bond donors (Lipinski definition) is 1. The van der Waals surface area contributed by atoms with Gasteiger partial charge >= 0.3 is 0 Å². The second-order valence-corrected chi connectivity index (χ2v) is 7.10. The summed E-state index contributed by atoms with van der Waals surface area (Å²) in [5, 5.41) is 2.88. The van der Waals surface area contributed by atoms with E-state index in [2.05, 4.69) is 12.2 Å². The second-order valence-electron chi connectivity index (χ2n) is 7.10. The van der Waals surface area contributed by atoms with Crippen LogP contribution >= 0.6 is 0 Å². The van der Waals surface area contributed by atoms with E-state index in [1.807, 2.05) is 31.2 Å². The molecule has 1 atom stereocenters. The van der Waals surface area contributed by atoms with Crippen LogP contribution in [0.1, 0.15) is 43.4 Å². The van der Waals surface area contributed by atoms with Crippen molar-refractivity contribution in [2.24, 2.45) is 0 Å². The van der Waals surface area contributed by atoms with Crippen LogP contribution in [0.15, 0.2) is 48.5 Å². The molecule has 0 spiro atoms. The number of rotatable bonds is 9. The smallest absolute Gasteiger partial charge is 0.242 e. The second kappa shape index (κ2) is 10.6. The zero-order valence-corrected chi connectivity index (χ0v) is 16.9. The van der Waals surface area contributed by atoms with Gasteiger partial charge in [-0.05, 0) is 37.5 Å². The Balaban J connectivity index is 2.20. The molecule has 2 rings (SSSR count). The Labute approximate surface area is 166 Å². The zero-order valence-electron chi connectivity index (χ0n) is 16.9. The van der Waals surface area contributed by atoms with Gasteiger partial charge in [-0.15, -0.1) is 0 Å². The van der Waals surface area contributed by atoms with Crippen molar-refractivity contribution >= 4 is 11.8 Å². The predicted molar refractivity (Wildman–Crippen MR) is 109 cm³/mol. The molecule has 4 nitrogen and oxygen atoms in total. The molecule has 0 aliphatic rings. The SMILES string of the molecule is CCCCNC(=O)[C@H](C)N(Cc1cccc(C)c1)C(=O)Cc1ccccc1F. The number of halogens is 1. The van der Waals surface area contributed by atoms with Crippen molar-refractivity contribution < 1.29 is 14.0 Å². The third kappa shape index (κ3) is 6.19. The summed E-state index contributed by atoms with van der Waals surface area (Å²) in [6.07, 6.45) is 1.79. The maximum Gasteiger partial charge on any atom is 0.242 e. The van der Waals surface area contributed by atoms with Gasteiger partial charge in [0.15, 0.2) is 0 Å². The summed E-state index contributed by atoms with van der Waals surface area (Å²) >= 11 is 0. The average molecular weight is 384 g/mol. The standard InChI is InChI=1S/C23H29FN2O2/c1-4-5-13-25-23(28)18(3)26(16-19-10-8-9-17(2)14-19)22(27)15-20-11-6-7-12-21(20)24/h6-12,14,18H,4-5,13,15-16H2,1-3H3,(H,25,28)/t18-/m0/s1. The van der Waals surface area contributed by atoms with E-state index in [4.69, 9.17) is 0 Å². The fourth-order valence-electron chi connectivity index (χ4n) is 3.03. The van der Waals surface area contributed by atoms with E-state index in [9.17, 15) is 14.0 Å². The van der Waals surface area contributed by atoms with E-state index in [0.717, 1.165) is 24.0 Å². The fraction of sp³-hybridized carbons (Fsp3) is 0.391. The number of nitrogens with zero attached hydrogens (tertiary/aromatic N) is 1. The van der Waals surface area contributed by atoms with Crippen LogP contribution in [0, 0.1) is 12.7 Å². The number of aryl methyl sites for hydroxylation is 1. The number of unbranched alkanes of at least 4 members (excludes halogenated alkanes) is 1. The first kappa shape index (κ1) is 21.6. The van der Waals surface area contributed by atoms with Crippen LogP contribution in [0.2, 0.25) is 0 Å². The fourth-order valence-corrected chi connectivity index (χ4v) is 3.03. The van der Waals surface area contributed by atoms with Gasteiger partial charge in [0.25, 0.3) is 0 Å². The molecule has 2 amide bonds. The summed E-state index contributed by atoms with van der Waals surface area (Å²) in [5.74, 6) is -0.876. The third-order valence-electron chi connectivity index (χ3n) is 4.73. The van der Waals surface area contributed by atoms with E-state index < -0.39 is 11.9 Å². The maximum absolute atomic E-state index is 14.0. The summed E-state index contributed by atoms with van der Waals surface area (Å²) in [5.41, 5.74) is 2.36. The molecular formula is C23H29FN2O2. The van der Waals surface area contributed by atoms with Crippen molar-refractivity contribution in [3.8, 4) is 0 Å². The Morgan fingerprint density at radius 1 is 1.14 bits per heavy atom. The number of hydrogen-bond acceptors (Lipinski definition) is 2. The highest BCUT2D eigenvalue weighted by Crippen LogP contribution is 2.15. The number of carbonyl (C=O) groups excluding carboxylic acids is 2. The first-order valence-electron chi connectivity index (χ1n) is 9.78. The zero-order chi connectivity index (χ0) is 20.5. The molecule has 0 bridgehead atoms. The van der Waals surface area contributed by atoms with Crippen molar-refractivity contribution in [3.63, 3.8) is 0 Å². The lowest BCUT2D eigenvalue weighted by Crippen LogP contribution is -2.48. The molecule has 0 aromatic heterocycles. The van der Waals surface area contributed by atoms with Gasteiger partial charge in [-0.1, -0.05) is 61.4 Å². The molecule has 0 saturated carbocycles. The van der Waals surface area contributed by atoms with Crippen LogP contribution in [-0.4, -0.2) is 29.3 Å². The van der Waals surface area contributed by atoms with Crippen molar-refractivity contribution in [3.05, 3.63) is 71.0 Å². The molecule has 150 valence electrons. The quantitative estimate of drug-likeness (QED) is 0.664. The summed E-state index contributed by atoms with van der Waals surface area (Å²) in [6, 6.07) is 13.4. The molecule has 1 N–H and O–H groups in total. The highest BCUT2D eigenvalue weighted by molar-refractivity contribution is 5.88. The number of nitrogens with one attached hydrogen (secondary N) is 1. The van der Waals surface area contributed by atoms with Crippen LogP contribution in [0.4, 0.5) is 4.39 Å². The van der Waals surface area contributed by atoms with Crippen molar-refractivity contribution in [1.29, 1.82) is 0 Å². The van der Waals surface area contributed by atoms with Gasteiger partial charge in [0.05, 0.1) is 6.42 Å². The van der Waals surface area contributed by atoms with E-state index in [0.29, 0.717) is 18.7 Å². The summed E-state index contributed by atoms with van der Waals surface area (Å²) in [4.78, 5) is 27.1.